The molecule has 1 unspecified atom stereocenters. The summed E-state index contributed by atoms with van der Waals surface area (Å²) < 4.78 is 0. The lowest BCUT2D eigenvalue weighted by atomic mass is 10.1. The number of urea groups is 1. The molecular formula is C16H20N6O2. The van der Waals surface area contributed by atoms with Crippen LogP contribution in [0.3, 0.4) is 0 Å². The van der Waals surface area contributed by atoms with Crippen LogP contribution in [-0.4, -0.2) is 40.1 Å². The Morgan fingerprint density at radius 1 is 1.42 bits per heavy atom. The van der Waals surface area contributed by atoms with E-state index in [4.69, 9.17) is 0 Å². The molecule has 0 aliphatic carbocycles. The van der Waals surface area contributed by atoms with Crippen molar-refractivity contribution >= 4 is 17.5 Å². The number of hydrogen-bond acceptors (Lipinski definition) is 5. The third kappa shape index (κ3) is 3.70. The monoisotopic (exact) mass is 328 g/mol. The van der Waals surface area contributed by atoms with Gasteiger partial charge in [-0.3, -0.25) is 9.78 Å². The first-order valence-electron chi connectivity index (χ1n) is 7.90. The van der Waals surface area contributed by atoms with Gasteiger partial charge in [0.25, 0.3) is 5.56 Å². The molecule has 1 aliphatic rings. The summed E-state index contributed by atoms with van der Waals surface area (Å²) >= 11 is 0. The van der Waals surface area contributed by atoms with E-state index in [0.717, 1.165) is 24.9 Å². The number of anilines is 2. The SMILES string of the molecule is Cc1ccncc1NC(=O)NC1CCCN(c2ncc[nH]c2=O)C1. The van der Waals surface area contributed by atoms with Crippen molar-refractivity contribution in [2.75, 3.05) is 23.3 Å². The van der Waals surface area contributed by atoms with Crippen molar-refractivity contribution in [1.82, 2.24) is 20.3 Å². The fourth-order valence-corrected chi connectivity index (χ4v) is 2.80. The molecule has 3 N–H and O–H groups in total. The summed E-state index contributed by atoms with van der Waals surface area (Å²) in [5.41, 5.74) is 1.42. The molecule has 2 aromatic rings. The van der Waals surface area contributed by atoms with E-state index >= 15 is 0 Å². The molecule has 3 heterocycles. The van der Waals surface area contributed by atoms with E-state index < -0.39 is 0 Å². The maximum absolute atomic E-state index is 12.2. The third-order valence-corrected chi connectivity index (χ3v) is 4.03. The first-order valence-corrected chi connectivity index (χ1v) is 7.90. The second kappa shape index (κ2) is 7.12. The van der Waals surface area contributed by atoms with Gasteiger partial charge in [-0.15, -0.1) is 0 Å². The summed E-state index contributed by atoms with van der Waals surface area (Å²) in [5.74, 6) is 0.396. The molecule has 24 heavy (non-hydrogen) atoms. The predicted octanol–water partition coefficient (Wildman–Crippen LogP) is 1.26. The molecule has 8 heteroatoms. The molecule has 0 saturated carbocycles. The highest BCUT2D eigenvalue weighted by Crippen LogP contribution is 2.15. The van der Waals surface area contributed by atoms with Crippen LogP contribution in [0.5, 0.6) is 0 Å². The summed E-state index contributed by atoms with van der Waals surface area (Å²) in [6.07, 6.45) is 8.12. The number of aryl methyl sites for hydroxylation is 1. The molecule has 3 rings (SSSR count). The summed E-state index contributed by atoms with van der Waals surface area (Å²) in [4.78, 5) is 36.7. The number of aromatic amines is 1. The Morgan fingerprint density at radius 2 is 2.29 bits per heavy atom. The lowest BCUT2D eigenvalue weighted by Gasteiger charge is -2.33. The van der Waals surface area contributed by atoms with Crippen LogP contribution in [0, 0.1) is 6.92 Å². The largest absolute Gasteiger partial charge is 0.350 e. The fraction of sp³-hybridized carbons (Fsp3) is 0.375. The smallest absolute Gasteiger partial charge is 0.319 e. The number of H-pyrrole nitrogens is 1. The Kier molecular flexibility index (Phi) is 4.74. The van der Waals surface area contributed by atoms with Gasteiger partial charge in [0, 0.05) is 37.7 Å². The third-order valence-electron chi connectivity index (χ3n) is 4.03. The number of carbonyl (C=O) groups is 1. The number of nitrogens with one attached hydrogen (secondary N) is 3. The number of carbonyl (C=O) groups excluding carboxylic acids is 1. The van der Waals surface area contributed by atoms with Crippen LogP contribution in [0.4, 0.5) is 16.3 Å². The Hall–Kier alpha value is -2.90. The standard InChI is InChI=1S/C16H20N6O2/c1-11-4-5-17-9-13(11)21-16(24)20-12-3-2-8-22(10-12)14-15(23)19-7-6-18-14/h4-7,9,12H,2-3,8,10H2,1H3,(H,19,23)(H2,20,21,24). The van der Waals surface area contributed by atoms with Crippen molar-refractivity contribution in [3.05, 3.63) is 46.8 Å². The van der Waals surface area contributed by atoms with E-state index in [0.29, 0.717) is 18.1 Å². The lowest BCUT2D eigenvalue weighted by molar-refractivity contribution is 0.246. The Balaban J connectivity index is 1.61. The average Bonchev–Trinajstić information content (AvgIpc) is 2.57. The van der Waals surface area contributed by atoms with Crippen molar-refractivity contribution in [2.45, 2.75) is 25.8 Å². The van der Waals surface area contributed by atoms with E-state index in [9.17, 15) is 9.59 Å². The van der Waals surface area contributed by atoms with Gasteiger partial charge in [-0.2, -0.15) is 0 Å². The van der Waals surface area contributed by atoms with Gasteiger partial charge in [-0.05, 0) is 31.4 Å². The second-order valence-electron chi connectivity index (χ2n) is 5.82. The molecule has 2 amide bonds. The number of piperidine rings is 1. The van der Waals surface area contributed by atoms with Gasteiger partial charge in [0.1, 0.15) is 0 Å². The number of rotatable bonds is 3. The lowest BCUT2D eigenvalue weighted by Crippen LogP contribution is -2.50. The molecule has 1 aliphatic heterocycles. The van der Waals surface area contributed by atoms with Gasteiger partial charge in [0.15, 0.2) is 5.82 Å². The molecule has 126 valence electrons. The van der Waals surface area contributed by atoms with Gasteiger partial charge in [0.2, 0.25) is 0 Å². The highest BCUT2D eigenvalue weighted by Gasteiger charge is 2.23. The maximum Gasteiger partial charge on any atom is 0.319 e. The summed E-state index contributed by atoms with van der Waals surface area (Å²) in [6.45, 7) is 3.22. The molecule has 8 nitrogen and oxygen atoms in total. The molecule has 0 aromatic carbocycles. The van der Waals surface area contributed by atoms with Gasteiger partial charge in [-0.1, -0.05) is 0 Å². The van der Waals surface area contributed by atoms with E-state index in [1.165, 1.54) is 6.20 Å². The Bertz CT molecular complexity index is 775. The molecular weight excluding hydrogens is 308 g/mol. The zero-order valence-corrected chi connectivity index (χ0v) is 13.5. The van der Waals surface area contributed by atoms with Gasteiger partial charge in [0.05, 0.1) is 11.9 Å². The van der Waals surface area contributed by atoms with Gasteiger partial charge in [-0.25, -0.2) is 9.78 Å². The molecule has 1 atom stereocenters. The van der Waals surface area contributed by atoms with Gasteiger partial charge >= 0.3 is 6.03 Å². The van der Waals surface area contributed by atoms with Crippen molar-refractivity contribution < 1.29 is 4.79 Å². The molecule has 0 bridgehead atoms. The van der Waals surface area contributed by atoms with E-state index in [1.807, 2.05) is 17.9 Å². The predicted molar refractivity (Wildman–Crippen MR) is 91.2 cm³/mol. The zero-order valence-electron chi connectivity index (χ0n) is 13.5. The van der Waals surface area contributed by atoms with E-state index in [-0.39, 0.29) is 17.6 Å². The zero-order chi connectivity index (χ0) is 16.9. The molecule has 1 saturated heterocycles. The molecule has 2 aromatic heterocycles. The quantitative estimate of drug-likeness (QED) is 0.787. The summed E-state index contributed by atoms with van der Waals surface area (Å²) in [7, 11) is 0. The number of aromatic nitrogens is 3. The number of amides is 2. The van der Waals surface area contributed by atoms with Crippen LogP contribution >= 0.6 is 0 Å². The average molecular weight is 328 g/mol. The van der Waals surface area contributed by atoms with Crippen LogP contribution in [0.1, 0.15) is 18.4 Å². The summed E-state index contributed by atoms with van der Waals surface area (Å²) in [5, 5.41) is 5.76. The number of hydrogen-bond donors (Lipinski definition) is 3. The summed E-state index contributed by atoms with van der Waals surface area (Å²) in [6, 6.07) is 1.52. The van der Waals surface area contributed by atoms with Crippen LogP contribution in [0.2, 0.25) is 0 Å². The fourth-order valence-electron chi connectivity index (χ4n) is 2.80. The number of pyridine rings is 1. The highest BCUT2D eigenvalue weighted by molar-refractivity contribution is 5.90. The van der Waals surface area contributed by atoms with Crippen LogP contribution < -0.4 is 21.1 Å². The highest BCUT2D eigenvalue weighted by atomic mass is 16.2. The van der Waals surface area contributed by atoms with Crippen LogP contribution in [0.15, 0.2) is 35.6 Å². The normalized spacial score (nSPS) is 17.4. The van der Waals surface area contributed by atoms with E-state index in [1.54, 1.807) is 18.6 Å². The van der Waals surface area contributed by atoms with Crippen molar-refractivity contribution in [2.24, 2.45) is 0 Å². The topological polar surface area (TPSA) is 103 Å². The first kappa shape index (κ1) is 16.0. The first-order chi connectivity index (χ1) is 11.6. The number of nitrogens with zero attached hydrogens (tertiary/aromatic N) is 3. The molecule has 1 fully saturated rings. The minimum Gasteiger partial charge on any atom is -0.350 e. The van der Waals surface area contributed by atoms with Crippen molar-refractivity contribution in [1.29, 1.82) is 0 Å². The Labute approximate surface area is 139 Å². The minimum absolute atomic E-state index is 0.0443. The van der Waals surface area contributed by atoms with Gasteiger partial charge < -0.3 is 20.5 Å². The van der Waals surface area contributed by atoms with E-state index in [2.05, 4.69) is 25.6 Å². The Morgan fingerprint density at radius 3 is 3.08 bits per heavy atom. The van der Waals surface area contributed by atoms with Crippen LogP contribution in [-0.2, 0) is 0 Å². The van der Waals surface area contributed by atoms with Crippen LogP contribution in [0.25, 0.3) is 0 Å². The van der Waals surface area contributed by atoms with Crippen molar-refractivity contribution in [3.63, 3.8) is 0 Å². The minimum atomic E-state index is -0.270. The second-order valence-corrected chi connectivity index (χ2v) is 5.82. The van der Waals surface area contributed by atoms with Crippen molar-refractivity contribution in [3.8, 4) is 0 Å². The maximum atomic E-state index is 12.2. The molecule has 0 spiro atoms. The molecule has 0 radical (unpaired) electrons.